The van der Waals surface area contributed by atoms with Gasteiger partial charge >= 0.3 is 0 Å². The third-order valence-electron chi connectivity index (χ3n) is 2.80. The molecule has 1 amide bonds. The van der Waals surface area contributed by atoms with E-state index in [1.807, 2.05) is 12.3 Å². The van der Waals surface area contributed by atoms with Crippen LogP contribution in [0.4, 0.5) is 0 Å². The van der Waals surface area contributed by atoms with Crippen LogP contribution in [-0.4, -0.2) is 17.7 Å². The van der Waals surface area contributed by atoms with Crippen LogP contribution in [-0.2, 0) is 0 Å². The number of aromatic nitrogens is 1. The number of benzene rings is 1. The van der Waals surface area contributed by atoms with Crippen LogP contribution in [0.1, 0.15) is 28.3 Å². The molecule has 1 aliphatic heterocycles. The second-order valence-electron chi connectivity index (χ2n) is 4.13. The van der Waals surface area contributed by atoms with E-state index < -0.39 is 0 Å². The first-order valence-corrected chi connectivity index (χ1v) is 6.72. The summed E-state index contributed by atoms with van der Waals surface area (Å²) in [4.78, 5) is 16.3. The van der Waals surface area contributed by atoms with Gasteiger partial charge in [-0.15, -0.1) is 11.3 Å². The lowest BCUT2D eigenvalue weighted by atomic mass is 10.2. The van der Waals surface area contributed by atoms with Gasteiger partial charge in [-0.2, -0.15) is 0 Å². The van der Waals surface area contributed by atoms with Gasteiger partial charge < -0.3 is 14.8 Å². The van der Waals surface area contributed by atoms with Crippen LogP contribution >= 0.6 is 11.3 Å². The van der Waals surface area contributed by atoms with Gasteiger partial charge in [0.05, 0.1) is 6.04 Å². The molecule has 0 saturated carbocycles. The Morgan fingerprint density at radius 2 is 2.26 bits per heavy atom. The van der Waals surface area contributed by atoms with Crippen molar-refractivity contribution in [3.63, 3.8) is 0 Å². The summed E-state index contributed by atoms with van der Waals surface area (Å²) in [5.74, 6) is 1.13. The van der Waals surface area contributed by atoms with Crippen molar-refractivity contribution in [2.24, 2.45) is 0 Å². The van der Waals surface area contributed by atoms with Crippen LogP contribution in [0.2, 0.25) is 0 Å². The van der Waals surface area contributed by atoms with E-state index in [2.05, 4.69) is 10.3 Å². The summed E-state index contributed by atoms with van der Waals surface area (Å²) in [6.07, 6.45) is 1.73. The third kappa shape index (κ3) is 2.39. The molecule has 3 rings (SSSR count). The van der Waals surface area contributed by atoms with Crippen molar-refractivity contribution in [2.75, 3.05) is 6.79 Å². The third-order valence-corrected chi connectivity index (χ3v) is 3.76. The van der Waals surface area contributed by atoms with Gasteiger partial charge in [-0.3, -0.25) is 4.79 Å². The standard InChI is InChI=1S/C13H12N2O3S/c1-8(13-14-4-5-19-13)15-12(16)9-2-3-10-11(6-9)18-7-17-10/h2-6,8H,7H2,1H3,(H,15,16). The minimum absolute atomic E-state index is 0.113. The highest BCUT2D eigenvalue weighted by molar-refractivity contribution is 7.09. The maximum Gasteiger partial charge on any atom is 0.251 e. The molecule has 0 spiro atoms. The molecule has 1 aliphatic rings. The van der Waals surface area contributed by atoms with E-state index in [0.717, 1.165) is 5.01 Å². The van der Waals surface area contributed by atoms with Gasteiger partial charge in [0.25, 0.3) is 5.91 Å². The van der Waals surface area contributed by atoms with Crippen molar-refractivity contribution in [2.45, 2.75) is 13.0 Å². The molecule has 1 unspecified atom stereocenters. The molecule has 1 aromatic heterocycles. The number of amides is 1. The zero-order chi connectivity index (χ0) is 13.2. The smallest absolute Gasteiger partial charge is 0.251 e. The molecule has 1 aromatic carbocycles. The highest BCUT2D eigenvalue weighted by Gasteiger charge is 2.18. The Morgan fingerprint density at radius 1 is 1.42 bits per heavy atom. The number of rotatable bonds is 3. The van der Waals surface area contributed by atoms with E-state index in [9.17, 15) is 4.79 Å². The zero-order valence-corrected chi connectivity index (χ0v) is 11.1. The molecule has 0 saturated heterocycles. The van der Waals surface area contributed by atoms with Crippen molar-refractivity contribution in [3.05, 3.63) is 40.3 Å². The Balaban J connectivity index is 1.74. The molecule has 5 nitrogen and oxygen atoms in total. The summed E-state index contributed by atoms with van der Waals surface area (Å²) in [6, 6.07) is 5.03. The van der Waals surface area contributed by atoms with Crippen molar-refractivity contribution in [1.82, 2.24) is 10.3 Å². The molecule has 1 N–H and O–H groups in total. The fourth-order valence-corrected chi connectivity index (χ4v) is 2.47. The number of hydrogen-bond donors (Lipinski definition) is 1. The van der Waals surface area contributed by atoms with Gasteiger partial charge in [0.15, 0.2) is 11.5 Å². The molecule has 6 heteroatoms. The molecule has 0 radical (unpaired) electrons. The average molecular weight is 276 g/mol. The predicted octanol–water partition coefficient (Wildman–Crippen LogP) is 2.36. The lowest BCUT2D eigenvalue weighted by Gasteiger charge is -2.11. The average Bonchev–Trinajstić information content (AvgIpc) is 3.09. The molecular weight excluding hydrogens is 264 g/mol. The largest absolute Gasteiger partial charge is 0.454 e. The lowest BCUT2D eigenvalue weighted by Crippen LogP contribution is -2.26. The fraction of sp³-hybridized carbons (Fsp3) is 0.231. The van der Waals surface area contributed by atoms with Crippen molar-refractivity contribution < 1.29 is 14.3 Å². The summed E-state index contributed by atoms with van der Waals surface area (Å²) >= 11 is 1.52. The van der Waals surface area contributed by atoms with Crippen LogP contribution in [0.15, 0.2) is 29.8 Å². The number of nitrogens with one attached hydrogen (secondary N) is 1. The first kappa shape index (κ1) is 12.0. The number of hydrogen-bond acceptors (Lipinski definition) is 5. The van der Waals surface area contributed by atoms with Gasteiger partial charge in [0.2, 0.25) is 6.79 Å². The number of fused-ring (bicyclic) bond motifs is 1. The summed E-state index contributed by atoms with van der Waals surface area (Å²) in [7, 11) is 0. The lowest BCUT2D eigenvalue weighted by molar-refractivity contribution is 0.0939. The molecule has 19 heavy (non-hydrogen) atoms. The minimum atomic E-state index is -0.152. The summed E-state index contributed by atoms with van der Waals surface area (Å²) < 4.78 is 10.5. The van der Waals surface area contributed by atoms with Crippen LogP contribution in [0.5, 0.6) is 11.5 Å². The van der Waals surface area contributed by atoms with Gasteiger partial charge in [-0.1, -0.05) is 0 Å². The second-order valence-corrected chi connectivity index (χ2v) is 5.06. The second kappa shape index (κ2) is 4.89. The van der Waals surface area contributed by atoms with E-state index in [-0.39, 0.29) is 18.7 Å². The highest BCUT2D eigenvalue weighted by Crippen LogP contribution is 2.32. The Bertz CT molecular complexity index is 598. The number of carbonyl (C=O) groups is 1. The number of thiazole rings is 1. The van der Waals surface area contributed by atoms with E-state index >= 15 is 0 Å². The molecule has 2 aromatic rings. The summed E-state index contributed by atoms with van der Waals surface area (Å²) in [6.45, 7) is 2.11. The maximum atomic E-state index is 12.1. The van der Waals surface area contributed by atoms with Gasteiger partial charge in [0, 0.05) is 17.1 Å². The van der Waals surface area contributed by atoms with E-state index in [1.165, 1.54) is 11.3 Å². The number of nitrogens with zero attached hydrogens (tertiary/aromatic N) is 1. The zero-order valence-electron chi connectivity index (χ0n) is 10.3. The molecule has 98 valence electrons. The van der Waals surface area contributed by atoms with E-state index in [4.69, 9.17) is 9.47 Å². The monoisotopic (exact) mass is 276 g/mol. The van der Waals surface area contributed by atoms with Crippen molar-refractivity contribution in [1.29, 1.82) is 0 Å². The topological polar surface area (TPSA) is 60.5 Å². The van der Waals surface area contributed by atoms with Gasteiger partial charge in [-0.25, -0.2) is 4.98 Å². The molecule has 0 fully saturated rings. The van der Waals surface area contributed by atoms with Crippen LogP contribution in [0, 0.1) is 0 Å². The summed E-state index contributed by atoms with van der Waals surface area (Å²) in [5, 5.41) is 5.67. The molecular formula is C13H12N2O3S. The number of carbonyl (C=O) groups excluding carboxylic acids is 1. The van der Waals surface area contributed by atoms with Crippen molar-refractivity contribution >= 4 is 17.2 Å². The minimum Gasteiger partial charge on any atom is -0.454 e. The Kier molecular flexibility index (Phi) is 3.08. The van der Waals surface area contributed by atoms with Crippen molar-refractivity contribution in [3.8, 4) is 11.5 Å². The van der Waals surface area contributed by atoms with Gasteiger partial charge in [0.1, 0.15) is 5.01 Å². The highest BCUT2D eigenvalue weighted by atomic mass is 32.1. The fourth-order valence-electron chi connectivity index (χ4n) is 1.83. The first-order chi connectivity index (χ1) is 9.24. The van der Waals surface area contributed by atoms with E-state index in [0.29, 0.717) is 17.1 Å². The molecule has 1 atom stereocenters. The molecule has 2 heterocycles. The maximum absolute atomic E-state index is 12.1. The van der Waals surface area contributed by atoms with Crippen LogP contribution < -0.4 is 14.8 Å². The summed E-state index contributed by atoms with van der Waals surface area (Å²) in [5.41, 5.74) is 0.549. The quantitative estimate of drug-likeness (QED) is 0.935. The number of ether oxygens (including phenoxy) is 2. The van der Waals surface area contributed by atoms with Gasteiger partial charge in [-0.05, 0) is 25.1 Å². The Hall–Kier alpha value is -2.08. The Morgan fingerprint density at radius 3 is 3.05 bits per heavy atom. The molecule has 0 bridgehead atoms. The predicted molar refractivity (Wildman–Crippen MR) is 70.6 cm³/mol. The van der Waals surface area contributed by atoms with Crippen LogP contribution in [0.25, 0.3) is 0 Å². The normalized spacial score (nSPS) is 14.2. The van der Waals surface area contributed by atoms with Crippen LogP contribution in [0.3, 0.4) is 0 Å². The SMILES string of the molecule is CC(NC(=O)c1ccc2c(c1)OCO2)c1nccs1. The first-order valence-electron chi connectivity index (χ1n) is 5.84. The molecule has 0 aliphatic carbocycles. The Labute approximate surface area is 114 Å². The van der Waals surface area contributed by atoms with E-state index in [1.54, 1.807) is 24.4 Å².